The molecule has 0 amide bonds. The summed E-state index contributed by atoms with van der Waals surface area (Å²) in [7, 11) is 0. The van der Waals surface area contributed by atoms with Crippen LogP contribution in [0.1, 0.15) is 17.4 Å². The zero-order valence-corrected chi connectivity index (χ0v) is 11.5. The lowest BCUT2D eigenvalue weighted by Crippen LogP contribution is -2.00. The van der Waals surface area contributed by atoms with E-state index in [4.69, 9.17) is 13.9 Å². The van der Waals surface area contributed by atoms with Gasteiger partial charge in [0.05, 0.1) is 12.1 Å². The van der Waals surface area contributed by atoms with Crippen LogP contribution < -0.4 is 5.32 Å². The smallest absolute Gasteiger partial charge is 0.249 e. The minimum absolute atomic E-state index is 0.0994. The van der Waals surface area contributed by atoms with E-state index in [1.807, 2.05) is 30.3 Å². The van der Waals surface area contributed by atoms with E-state index in [1.165, 1.54) is 0 Å². The van der Waals surface area contributed by atoms with Gasteiger partial charge in [-0.3, -0.25) is 0 Å². The lowest BCUT2D eigenvalue weighted by Gasteiger charge is -2.08. The molecule has 21 heavy (non-hydrogen) atoms. The molecule has 3 aromatic rings. The molecular weight excluding hydrogens is 270 g/mol. The van der Waals surface area contributed by atoms with Gasteiger partial charge in [-0.1, -0.05) is 12.1 Å². The van der Waals surface area contributed by atoms with Crippen molar-refractivity contribution in [1.82, 2.24) is 10.2 Å². The molecule has 0 fully saturated rings. The number of hydrogen-bond acceptors (Lipinski definition) is 6. The first-order chi connectivity index (χ1) is 10.3. The quantitative estimate of drug-likeness (QED) is 0.750. The molecule has 0 aliphatic carbocycles. The summed E-state index contributed by atoms with van der Waals surface area (Å²) in [6.07, 6.45) is 0. The monoisotopic (exact) mass is 285 g/mol. The van der Waals surface area contributed by atoms with Crippen LogP contribution in [0.3, 0.4) is 0 Å². The van der Waals surface area contributed by atoms with E-state index >= 15 is 0 Å². The van der Waals surface area contributed by atoms with Gasteiger partial charge < -0.3 is 19.3 Å². The van der Waals surface area contributed by atoms with Crippen LogP contribution in [0.2, 0.25) is 0 Å². The second kappa shape index (κ2) is 5.80. The molecule has 0 aliphatic rings. The number of rotatable bonds is 5. The number of aliphatic hydroxyl groups is 1. The lowest BCUT2D eigenvalue weighted by molar-refractivity contribution is 0.244. The van der Waals surface area contributed by atoms with E-state index in [0.29, 0.717) is 24.1 Å². The molecule has 0 saturated carbocycles. The highest BCUT2D eigenvalue weighted by Gasteiger charge is 2.11. The van der Waals surface area contributed by atoms with Crippen LogP contribution in [0.15, 0.2) is 45.2 Å². The van der Waals surface area contributed by atoms with Crippen LogP contribution in [-0.4, -0.2) is 15.3 Å². The molecule has 2 heterocycles. The van der Waals surface area contributed by atoms with Crippen molar-refractivity contribution in [3.63, 3.8) is 0 Å². The Bertz CT molecular complexity index is 733. The summed E-state index contributed by atoms with van der Waals surface area (Å²) in [6, 6.07) is 11.3. The lowest BCUT2D eigenvalue weighted by atomic mass is 10.1. The number of nitrogens with zero attached hydrogens (tertiary/aromatic N) is 2. The Labute approximate surface area is 121 Å². The second-order valence-electron chi connectivity index (χ2n) is 4.55. The fraction of sp³-hybridized carbons (Fsp3) is 0.200. The molecule has 1 aromatic carbocycles. The third-order valence-corrected chi connectivity index (χ3v) is 3.01. The molecule has 0 unspecified atom stereocenters. The van der Waals surface area contributed by atoms with Crippen LogP contribution >= 0.6 is 0 Å². The van der Waals surface area contributed by atoms with E-state index in [0.717, 1.165) is 17.0 Å². The number of aryl methyl sites for hydroxylation is 1. The standard InChI is InChI=1S/C15H15N3O3/c1-10-17-18-15(20-10)13-4-2-3-5-14(13)16-8-11-6-7-12(9-19)21-11/h2-7,16,19H,8-9H2,1H3. The van der Waals surface area contributed by atoms with Crippen molar-refractivity contribution in [1.29, 1.82) is 0 Å². The zero-order chi connectivity index (χ0) is 14.7. The van der Waals surface area contributed by atoms with Crippen molar-refractivity contribution >= 4 is 5.69 Å². The van der Waals surface area contributed by atoms with Gasteiger partial charge in [-0.25, -0.2) is 0 Å². The number of anilines is 1. The molecule has 0 saturated heterocycles. The molecule has 6 heteroatoms. The van der Waals surface area contributed by atoms with E-state index < -0.39 is 0 Å². The largest absolute Gasteiger partial charge is 0.462 e. The van der Waals surface area contributed by atoms with Gasteiger partial charge in [0.15, 0.2) is 0 Å². The number of benzene rings is 1. The van der Waals surface area contributed by atoms with Crippen molar-refractivity contribution in [2.45, 2.75) is 20.1 Å². The molecule has 6 nitrogen and oxygen atoms in total. The fourth-order valence-electron chi connectivity index (χ4n) is 2.01. The zero-order valence-electron chi connectivity index (χ0n) is 11.5. The summed E-state index contributed by atoms with van der Waals surface area (Å²) in [6.45, 7) is 2.16. The SMILES string of the molecule is Cc1nnc(-c2ccccc2NCc2ccc(CO)o2)o1. The van der Waals surface area contributed by atoms with Crippen LogP contribution in [0, 0.1) is 6.92 Å². The Morgan fingerprint density at radius 3 is 2.57 bits per heavy atom. The van der Waals surface area contributed by atoms with Crippen LogP contribution in [0.4, 0.5) is 5.69 Å². The molecule has 0 atom stereocenters. The summed E-state index contributed by atoms with van der Waals surface area (Å²) >= 11 is 0. The molecule has 0 aliphatic heterocycles. The topological polar surface area (TPSA) is 84.3 Å². The van der Waals surface area contributed by atoms with Gasteiger partial charge in [-0.15, -0.1) is 10.2 Å². The first kappa shape index (κ1) is 13.4. The molecule has 3 rings (SSSR count). The Balaban J connectivity index is 1.79. The van der Waals surface area contributed by atoms with Crippen molar-refractivity contribution in [3.8, 4) is 11.5 Å². The number of hydrogen-bond donors (Lipinski definition) is 2. The van der Waals surface area contributed by atoms with Crippen LogP contribution in [0.25, 0.3) is 11.5 Å². The summed E-state index contributed by atoms with van der Waals surface area (Å²) in [4.78, 5) is 0. The van der Waals surface area contributed by atoms with E-state index in [1.54, 1.807) is 13.0 Å². The maximum atomic E-state index is 8.99. The van der Waals surface area contributed by atoms with E-state index in [9.17, 15) is 0 Å². The number of furan rings is 1. The molecule has 0 radical (unpaired) electrons. The third-order valence-electron chi connectivity index (χ3n) is 3.01. The Hall–Kier alpha value is -2.60. The average Bonchev–Trinajstić information content (AvgIpc) is 3.14. The predicted molar refractivity (Wildman–Crippen MR) is 76.4 cm³/mol. The first-order valence-corrected chi connectivity index (χ1v) is 6.58. The van der Waals surface area contributed by atoms with Gasteiger partial charge >= 0.3 is 0 Å². The highest BCUT2D eigenvalue weighted by Crippen LogP contribution is 2.27. The third kappa shape index (κ3) is 2.95. The molecule has 0 bridgehead atoms. The fourth-order valence-corrected chi connectivity index (χ4v) is 2.01. The Morgan fingerprint density at radius 2 is 1.86 bits per heavy atom. The second-order valence-corrected chi connectivity index (χ2v) is 4.55. The van der Waals surface area contributed by atoms with Crippen molar-refractivity contribution in [2.75, 3.05) is 5.32 Å². The first-order valence-electron chi connectivity index (χ1n) is 6.58. The maximum Gasteiger partial charge on any atom is 0.249 e. The van der Waals surface area contributed by atoms with Gasteiger partial charge in [-0.2, -0.15) is 0 Å². The summed E-state index contributed by atoms with van der Waals surface area (Å²) < 4.78 is 10.9. The molecule has 2 N–H and O–H groups in total. The van der Waals surface area contributed by atoms with Crippen LogP contribution in [-0.2, 0) is 13.2 Å². The van der Waals surface area contributed by atoms with Crippen molar-refractivity contribution in [2.24, 2.45) is 0 Å². The maximum absolute atomic E-state index is 8.99. The number of aliphatic hydroxyl groups excluding tert-OH is 1. The average molecular weight is 285 g/mol. The molecule has 108 valence electrons. The van der Waals surface area contributed by atoms with E-state index in [-0.39, 0.29) is 6.61 Å². The molecular formula is C15H15N3O3. The number of aromatic nitrogens is 2. The van der Waals surface area contributed by atoms with Crippen molar-refractivity contribution in [3.05, 3.63) is 53.8 Å². The number of nitrogens with one attached hydrogen (secondary N) is 1. The summed E-state index contributed by atoms with van der Waals surface area (Å²) in [5.74, 6) is 2.30. The minimum Gasteiger partial charge on any atom is -0.462 e. The van der Waals surface area contributed by atoms with Crippen molar-refractivity contribution < 1.29 is 13.9 Å². The van der Waals surface area contributed by atoms with Gasteiger partial charge in [0.1, 0.15) is 18.1 Å². The summed E-state index contributed by atoms with van der Waals surface area (Å²) in [5, 5.41) is 20.1. The van der Waals surface area contributed by atoms with Gasteiger partial charge in [0.25, 0.3) is 0 Å². The number of para-hydroxylation sites is 1. The molecule has 2 aromatic heterocycles. The minimum atomic E-state index is -0.0994. The summed E-state index contributed by atoms with van der Waals surface area (Å²) in [5.41, 5.74) is 1.72. The van der Waals surface area contributed by atoms with E-state index in [2.05, 4.69) is 15.5 Å². The Kier molecular flexibility index (Phi) is 3.70. The normalized spacial score (nSPS) is 10.8. The van der Waals surface area contributed by atoms with Gasteiger partial charge in [0, 0.05) is 12.6 Å². The predicted octanol–water partition coefficient (Wildman–Crippen LogP) is 2.74. The van der Waals surface area contributed by atoms with Crippen LogP contribution in [0.5, 0.6) is 0 Å². The Morgan fingerprint density at radius 1 is 1.05 bits per heavy atom. The highest BCUT2D eigenvalue weighted by atomic mass is 16.4. The van der Waals surface area contributed by atoms with Gasteiger partial charge in [-0.05, 0) is 24.3 Å². The molecule has 0 spiro atoms. The van der Waals surface area contributed by atoms with Gasteiger partial charge in [0.2, 0.25) is 11.8 Å². The highest BCUT2D eigenvalue weighted by molar-refractivity contribution is 5.72.